The number of benzene rings is 1. The van der Waals surface area contributed by atoms with E-state index in [1.807, 2.05) is 0 Å². The smallest absolute Gasteiger partial charge is 0.251 e. The van der Waals surface area contributed by atoms with Gasteiger partial charge < -0.3 is 16.2 Å². The fraction of sp³-hybridized carbons (Fsp3) is 0.533. The Morgan fingerprint density at radius 2 is 2.30 bits per heavy atom. The molecule has 0 radical (unpaired) electrons. The number of rotatable bonds is 3. The van der Waals surface area contributed by atoms with Crippen LogP contribution in [-0.2, 0) is 0 Å². The first-order valence-corrected chi connectivity index (χ1v) is 7.31. The molecule has 110 valence electrons. The number of anilines is 1. The van der Waals surface area contributed by atoms with Crippen LogP contribution in [0.1, 0.15) is 43.0 Å². The van der Waals surface area contributed by atoms with Gasteiger partial charge in [-0.15, -0.1) is 0 Å². The molecule has 0 bridgehead atoms. The topological polar surface area (TPSA) is 75.3 Å². The molecule has 2 rings (SSSR count). The molecule has 0 heterocycles. The molecule has 1 aromatic carbocycles. The predicted molar refractivity (Wildman–Crippen MR) is 80.8 cm³/mol. The quantitative estimate of drug-likeness (QED) is 0.751. The molecule has 20 heavy (non-hydrogen) atoms. The Morgan fingerprint density at radius 3 is 2.90 bits per heavy atom. The van der Waals surface area contributed by atoms with Crippen LogP contribution in [0.2, 0.25) is 5.02 Å². The van der Waals surface area contributed by atoms with Gasteiger partial charge in [-0.1, -0.05) is 31.4 Å². The fourth-order valence-corrected chi connectivity index (χ4v) is 3.26. The summed E-state index contributed by atoms with van der Waals surface area (Å²) >= 11 is 5.92. The van der Waals surface area contributed by atoms with E-state index in [4.69, 9.17) is 17.3 Å². The third-order valence-corrected chi connectivity index (χ3v) is 4.17. The largest absolute Gasteiger partial charge is 0.399 e. The molecule has 2 unspecified atom stereocenters. The maximum absolute atomic E-state index is 12.4. The van der Waals surface area contributed by atoms with Gasteiger partial charge in [0.15, 0.2) is 0 Å². The molecule has 0 spiro atoms. The number of nitrogens with one attached hydrogen (secondary N) is 1. The highest BCUT2D eigenvalue weighted by atomic mass is 35.5. The molecule has 1 aliphatic rings. The monoisotopic (exact) mass is 296 g/mol. The molecule has 0 aromatic heterocycles. The van der Waals surface area contributed by atoms with Gasteiger partial charge in [0.25, 0.3) is 5.91 Å². The predicted octanol–water partition coefficient (Wildman–Crippen LogP) is 2.59. The zero-order chi connectivity index (χ0) is 14.8. The van der Waals surface area contributed by atoms with Gasteiger partial charge in [0.1, 0.15) is 0 Å². The maximum Gasteiger partial charge on any atom is 0.251 e. The van der Waals surface area contributed by atoms with Crippen LogP contribution >= 0.6 is 11.6 Å². The Morgan fingerprint density at radius 1 is 1.55 bits per heavy atom. The summed E-state index contributed by atoms with van der Waals surface area (Å²) in [5.41, 5.74) is 6.07. The summed E-state index contributed by atoms with van der Waals surface area (Å²) in [5.74, 6) is 0.267. The van der Waals surface area contributed by atoms with Crippen molar-refractivity contribution in [2.45, 2.75) is 38.1 Å². The molecule has 5 heteroatoms. The van der Waals surface area contributed by atoms with Crippen molar-refractivity contribution >= 4 is 23.2 Å². The van der Waals surface area contributed by atoms with E-state index in [-0.39, 0.29) is 12.5 Å². The zero-order valence-electron chi connectivity index (χ0n) is 11.7. The third kappa shape index (κ3) is 3.44. The van der Waals surface area contributed by atoms with Crippen LogP contribution in [0.25, 0.3) is 0 Å². The number of halogens is 1. The number of aliphatic hydroxyl groups is 1. The second kappa shape index (κ2) is 6.02. The van der Waals surface area contributed by atoms with Crippen molar-refractivity contribution in [2.75, 3.05) is 12.3 Å². The highest BCUT2D eigenvalue weighted by Gasteiger charge is 2.35. The van der Waals surface area contributed by atoms with E-state index in [1.165, 1.54) is 0 Å². The summed E-state index contributed by atoms with van der Waals surface area (Å²) in [7, 11) is 0. The Hall–Kier alpha value is -1.26. The van der Waals surface area contributed by atoms with Crippen LogP contribution in [0.15, 0.2) is 18.2 Å². The van der Waals surface area contributed by atoms with Crippen LogP contribution in [0.3, 0.4) is 0 Å². The molecular formula is C15H21ClN2O2. The third-order valence-electron chi connectivity index (χ3n) is 3.96. The molecule has 2 atom stereocenters. The molecule has 4 N–H and O–H groups in total. The van der Waals surface area contributed by atoms with Gasteiger partial charge in [-0.25, -0.2) is 0 Å². The van der Waals surface area contributed by atoms with E-state index in [2.05, 4.69) is 12.2 Å². The average molecular weight is 297 g/mol. The second-order valence-electron chi connectivity index (χ2n) is 5.87. The van der Waals surface area contributed by atoms with Gasteiger partial charge in [-0.2, -0.15) is 0 Å². The number of carbonyl (C=O) groups excluding carboxylic acids is 1. The lowest BCUT2D eigenvalue weighted by molar-refractivity contribution is 0.0697. The summed E-state index contributed by atoms with van der Waals surface area (Å²) in [5, 5.41) is 13.1. The lowest BCUT2D eigenvalue weighted by Crippen LogP contribution is -2.53. The molecule has 0 aliphatic heterocycles. The second-order valence-corrected chi connectivity index (χ2v) is 6.30. The first-order chi connectivity index (χ1) is 9.44. The van der Waals surface area contributed by atoms with Crippen molar-refractivity contribution in [1.82, 2.24) is 5.32 Å². The van der Waals surface area contributed by atoms with Gasteiger partial charge in [-0.3, -0.25) is 4.79 Å². The zero-order valence-corrected chi connectivity index (χ0v) is 12.4. The SMILES string of the molecule is CC1CCCC(CO)(NC(=O)c2cc(N)cc(Cl)c2)C1. The van der Waals surface area contributed by atoms with Gasteiger partial charge in [-0.05, 0) is 37.0 Å². The normalized spacial score (nSPS) is 26.2. The van der Waals surface area contributed by atoms with Crippen LogP contribution in [0.5, 0.6) is 0 Å². The van der Waals surface area contributed by atoms with E-state index in [1.54, 1.807) is 18.2 Å². The van der Waals surface area contributed by atoms with Crippen LogP contribution < -0.4 is 11.1 Å². The van der Waals surface area contributed by atoms with Gasteiger partial charge >= 0.3 is 0 Å². The molecule has 1 fully saturated rings. The number of nitrogens with two attached hydrogens (primary N) is 1. The molecule has 1 saturated carbocycles. The number of aliphatic hydroxyl groups excluding tert-OH is 1. The Kier molecular flexibility index (Phi) is 4.55. The summed E-state index contributed by atoms with van der Waals surface area (Å²) in [6.45, 7) is 2.10. The molecule has 1 amide bonds. The summed E-state index contributed by atoms with van der Waals surface area (Å²) in [6, 6.07) is 4.78. The summed E-state index contributed by atoms with van der Waals surface area (Å²) in [4.78, 5) is 12.4. The number of hydrogen-bond acceptors (Lipinski definition) is 3. The van der Waals surface area contributed by atoms with E-state index in [0.717, 1.165) is 25.7 Å². The minimum Gasteiger partial charge on any atom is -0.399 e. The molecule has 0 saturated heterocycles. The molecular weight excluding hydrogens is 276 g/mol. The lowest BCUT2D eigenvalue weighted by Gasteiger charge is -2.39. The maximum atomic E-state index is 12.4. The summed E-state index contributed by atoms with van der Waals surface area (Å²) in [6.07, 6.45) is 3.75. The fourth-order valence-electron chi connectivity index (χ4n) is 3.01. The van der Waals surface area contributed by atoms with Crippen molar-refractivity contribution in [3.8, 4) is 0 Å². The first-order valence-electron chi connectivity index (χ1n) is 6.93. The van der Waals surface area contributed by atoms with Crippen molar-refractivity contribution in [3.05, 3.63) is 28.8 Å². The molecule has 4 nitrogen and oxygen atoms in total. The van der Waals surface area contributed by atoms with Crippen LogP contribution in [-0.4, -0.2) is 23.2 Å². The average Bonchev–Trinajstić information content (AvgIpc) is 2.37. The van der Waals surface area contributed by atoms with E-state index in [9.17, 15) is 9.90 Å². The van der Waals surface area contributed by atoms with Gasteiger partial charge in [0, 0.05) is 16.3 Å². The highest BCUT2D eigenvalue weighted by molar-refractivity contribution is 6.31. The van der Waals surface area contributed by atoms with Crippen molar-refractivity contribution < 1.29 is 9.90 Å². The Balaban J connectivity index is 2.16. The lowest BCUT2D eigenvalue weighted by atomic mass is 9.76. The van der Waals surface area contributed by atoms with Crippen LogP contribution in [0.4, 0.5) is 5.69 Å². The van der Waals surface area contributed by atoms with Gasteiger partial charge in [0.2, 0.25) is 0 Å². The highest BCUT2D eigenvalue weighted by Crippen LogP contribution is 2.32. The van der Waals surface area contributed by atoms with E-state index in [0.29, 0.717) is 22.2 Å². The van der Waals surface area contributed by atoms with E-state index >= 15 is 0 Å². The number of nitrogen functional groups attached to an aromatic ring is 1. The first kappa shape index (κ1) is 15.1. The molecule has 1 aromatic rings. The minimum absolute atomic E-state index is 0.0425. The number of carbonyl (C=O) groups is 1. The minimum atomic E-state index is -0.522. The Labute approximate surface area is 124 Å². The summed E-state index contributed by atoms with van der Waals surface area (Å²) < 4.78 is 0. The van der Waals surface area contributed by atoms with Crippen molar-refractivity contribution in [1.29, 1.82) is 0 Å². The Bertz CT molecular complexity index is 486. The molecule has 1 aliphatic carbocycles. The van der Waals surface area contributed by atoms with Crippen LogP contribution in [0, 0.1) is 5.92 Å². The van der Waals surface area contributed by atoms with E-state index < -0.39 is 5.54 Å². The number of amides is 1. The van der Waals surface area contributed by atoms with Gasteiger partial charge in [0.05, 0.1) is 12.1 Å². The van der Waals surface area contributed by atoms with Crippen molar-refractivity contribution in [2.24, 2.45) is 5.92 Å². The van der Waals surface area contributed by atoms with Crippen molar-refractivity contribution in [3.63, 3.8) is 0 Å². The standard InChI is InChI=1S/C15H21ClN2O2/c1-10-3-2-4-15(8-10,9-19)18-14(20)11-5-12(16)7-13(17)6-11/h5-7,10,19H,2-4,8-9,17H2,1H3,(H,18,20). The number of hydrogen-bond donors (Lipinski definition) is 3.